The van der Waals surface area contributed by atoms with Crippen LogP contribution in [0.25, 0.3) is 0 Å². The summed E-state index contributed by atoms with van der Waals surface area (Å²) in [5.74, 6) is 0.652. The Bertz CT molecular complexity index is 880. The molecule has 2 atom stereocenters. The third-order valence-electron chi connectivity index (χ3n) is 7.30. The molecule has 206 valence electrons. The molecule has 2 aromatic rings. The number of ether oxygens (including phenoxy) is 2. The molecule has 2 rings (SSSR count). The van der Waals surface area contributed by atoms with E-state index in [0.29, 0.717) is 17.3 Å². The molecule has 0 radical (unpaired) electrons. The van der Waals surface area contributed by atoms with E-state index in [1.807, 2.05) is 37.3 Å². The number of para-hydroxylation sites is 1. The summed E-state index contributed by atoms with van der Waals surface area (Å²) in [5, 5.41) is 0. The Hall–Kier alpha value is -2.33. The van der Waals surface area contributed by atoms with Crippen molar-refractivity contribution >= 4 is 5.97 Å². The van der Waals surface area contributed by atoms with E-state index in [1.54, 1.807) is 0 Å². The molecule has 0 aliphatic heterocycles. The van der Waals surface area contributed by atoms with Crippen molar-refractivity contribution in [3.8, 4) is 5.75 Å². The predicted octanol–water partition coefficient (Wildman–Crippen LogP) is 8.47. The van der Waals surface area contributed by atoms with Crippen LogP contribution in [0.5, 0.6) is 5.75 Å². The standard InChI is InChI=1S/C33H52NO3/c1-6-9-10-11-12-13-14-15-19-24-29-25-20-21-26-31(29)36-32(8-3)37-33(35)30(7-2)34(4,5)27-28-22-17-16-18-23-28/h16-18,20-23,25-26,30,32H,6-15,19,24,27H2,1-5H3/q+1. The van der Waals surface area contributed by atoms with Gasteiger partial charge >= 0.3 is 5.97 Å². The number of hydrogen-bond acceptors (Lipinski definition) is 3. The molecule has 37 heavy (non-hydrogen) atoms. The first-order chi connectivity index (χ1) is 17.9. The lowest BCUT2D eigenvalue weighted by Crippen LogP contribution is -2.53. The molecule has 0 aliphatic rings. The van der Waals surface area contributed by atoms with Gasteiger partial charge in [-0.25, -0.2) is 4.79 Å². The van der Waals surface area contributed by atoms with Crippen molar-refractivity contribution < 1.29 is 18.8 Å². The van der Waals surface area contributed by atoms with Gasteiger partial charge in [-0.1, -0.05) is 121 Å². The highest BCUT2D eigenvalue weighted by molar-refractivity contribution is 5.74. The first kappa shape index (κ1) is 30.9. The summed E-state index contributed by atoms with van der Waals surface area (Å²) in [6.45, 7) is 7.10. The van der Waals surface area contributed by atoms with Gasteiger partial charge in [0.2, 0.25) is 6.29 Å². The minimum absolute atomic E-state index is 0.188. The number of rotatable bonds is 19. The lowest BCUT2D eigenvalue weighted by molar-refractivity contribution is -0.919. The molecule has 2 unspecified atom stereocenters. The number of likely N-dealkylation sites (N-methyl/N-ethyl adjacent to an activating group) is 1. The average molecular weight is 511 g/mol. The number of nitrogens with zero attached hydrogens (tertiary/aromatic N) is 1. The Morgan fingerprint density at radius 1 is 0.757 bits per heavy atom. The first-order valence-corrected chi connectivity index (χ1v) is 14.7. The minimum atomic E-state index is -0.581. The summed E-state index contributed by atoms with van der Waals surface area (Å²) >= 11 is 0. The lowest BCUT2D eigenvalue weighted by atomic mass is 10.0. The van der Waals surface area contributed by atoms with E-state index in [2.05, 4.69) is 52.2 Å². The number of carbonyl (C=O) groups excluding carboxylic acids is 1. The van der Waals surface area contributed by atoms with E-state index in [-0.39, 0.29) is 12.0 Å². The van der Waals surface area contributed by atoms with E-state index in [1.165, 1.54) is 62.5 Å². The lowest BCUT2D eigenvalue weighted by Gasteiger charge is -2.36. The van der Waals surface area contributed by atoms with Gasteiger partial charge in [0.25, 0.3) is 0 Å². The van der Waals surface area contributed by atoms with Crippen LogP contribution in [0.4, 0.5) is 0 Å². The summed E-state index contributed by atoms with van der Waals surface area (Å²) in [7, 11) is 4.20. The van der Waals surface area contributed by atoms with Crippen molar-refractivity contribution in [2.24, 2.45) is 0 Å². The molecule has 0 aromatic heterocycles. The fraction of sp³-hybridized carbons (Fsp3) is 0.606. The van der Waals surface area contributed by atoms with E-state index >= 15 is 0 Å². The second-order valence-electron chi connectivity index (χ2n) is 10.9. The third kappa shape index (κ3) is 11.3. The van der Waals surface area contributed by atoms with Crippen LogP contribution in [0.2, 0.25) is 0 Å². The zero-order valence-electron chi connectivity index (χ0n) is 24.2. The van der Waals surface area contributed by atoms with E-state index < -0.39 is 6.29 Å². The Balaban J connectivity index is 1.88. The number of hydrogen-bond donors (Lipinski definition) is 0. The summed E-state index contributed by atoms with van der Waals surface area (Å²) in [6.07, 6.45) is 13.6. The Labute approximate surface area is 227 Å². The third-order valence-corrected chi connectivity index (χ3v) is 7.30. The molecule has 0 N–H and O–H groups in total. The second kappa shape index (κ2) is 17.2. The number of quaternary nitrogens is 1. The fourth-order valence-electron chi connectivity index (χ4n) is 5.10. The van der Waals surface area contributed by atoms with Gasteiger partial charge in [0, 0.05) is 18.4 Å². The molecule has 0 spiro atoms. The van der Waals surface area contributed by atoms with Gasteiger partial charge in [-0.2, -0.15) is 0 Å². The van der Waals surface area contributed by atoms with E-state index in [9.17, 15) is 4.79 Å². The molecule has 0 amide bonds. The van der Waals surface area contributed by atoms with Crippen LogP contribution in [-0.2, 0) is 22.5 Å². The van der Waals surface area contributed by atoms with Gasteiger partial charge in [0.05, 0.1) is 14.1 Å². The maximum atomic E-state index is 13.3. The van der Waals surface area contributed by atoms with Crippen LogP contribution >= 0.6 is 0 Å². The van der Waals surface area contributed by atoms with Crippen molar-refractivity contribution in [2.45, 2.75) is 117 Å². The van der Waals surface area contributed by atoms with Crippen LogP contribution in [0.1, 0.15) is 103 Å². The summed E-state index contributed by atoms with van der Waals surface area (Å²) < 4.78 is 12.8. The van der Waals surface area contributed by atoms with Gasteiger partial charge in [-0.05, 0) is 24.5 Å². The number of unbranched alkanes of at least 4 members (excludes halogenated alkanes) is 8. The van der Waals surface area contributed by atoms with Crippen molar-refractivity contribution in [1.29, 1.82) is 0 Å². The highest BCUT2D eigenvalue weighted by atomic mass is 16.7. The van der Waals surface area contributed by atoms with Gasteiger partial charge in [0.15, 0.2) is 6.04 Å². The predicted molar refractivity (Wildman–Crippen MR) is 155 cm³/mol. The zero-order valence-corrected chi connectivity index (χ0v) is 24.2. The minimum Gasteiger partial charge on any atom is -0.455 e. The zero-order chi connectivity index (χ0) is 26.9. The van der Waals surface area contributed by atoms with E-state index in [0.717, 1.165) is 25.1 Å². The molecule has 0 saturated carbocycles. The average Bonchev–Trinajstić information content (AvgIpc) is 2.88. The monoisotopic (exact) mass is 510 g/mol. The van der Waals surface area contributed by atoms with Crippen LogP contribution < -0.4 is 4.74 Å². The molecule has 4 nitrogen and oxygen atoms in total. The molecular formula is C33H52NO3+. The second-order valence-corrected chi connectivity index (χ2v) is 10.9. The number of carbonyl (C=O) groups is 1. The molecule has 0 aliphatic carbocycles. The Kier molecular flexibility index (Phi) is 14.4. The molecule has 0 fully saturated rings. The topological polar surface area (TPSA) is 35.5 Å². The summed E-state index contributed by atoms with van der Waals surface area (Å²) in [5.41, 5.74) is 2.42. The Morgan fingerprint density at radius 2 is 1.35 bits per heavy atom. The fourth-order valence-corrected chi connectivity index (χ4v) is 5.10. The normalized spacial score (nSPS) is 13.2. The molecular weight excluding hydrogens is 458 g/mol. The Morgan fingerprint density at radius 3 is 1.97 bits per heavy atom. The van der Waals surface area contributed by atoms with Crippen molar-refractivity contribution in [2.75, 3.05) is 14.1 Å². The van der Waals surface area contributed by atoms with Crippen LogP contribution in [0.3, 0.4) is 0 Å². The quantitative estimate of drug-likeness (QED) is 0.0823. The van der Waals surface area contributed by atoms with E-state index in [4.69, 9.17) is 9.47 Å². The maximum absolute atomic E-state index is 13.3. The van der Waals surface area contributed by atoms with Crippen LogP contribution in [-0.4, -0.2) is 36.9 Å². The first-order valence-electron chi connectivity index (χ1n) is 14.7. The van der Waals surface area contributed by atoms with Gasteiger partial charge < -0.3 is 14.0 Å². The maximum Gasteiger partial charge on any atom is 0.368 e. The molecule has 0 bridgehead atoms. The highest BCUT2D eigenvalue weighted by Gasteiger charge is 2.36. The number of benzene rings is 2. The largest absolute Gasteiger partial charge is 0.455 e. The SMILES string of the molecule is CCCCCCCCCCCc1ccccc1OC(CC)OC(=O)C(CC)[N+](C)(C)Cc1ccccc1. The number of aryl methyl sites for hydroxylation is 1. The summed E-state index contributed by atoms with van der Waals surface area (Å²) in [6, 6.07) is 18.3. The van der Waals surface area contributed by atoms with Crippen LogP contribution in [0.15, 0.2) is 54.6 Å². The molecule has 2 aromatic carbocycles. The van der Waals surface area contributed by atoms with Crippen molar-refractivity contribution in [3.05, 3.63) is 65.7 Å². The summed E-state index contributed by atoms with van der Waals surface area (Å²) in [4.78, 5) is 13.3. The number of esters is 1. The van der Waals surface area contributed by atoms with Crippen molar-refractivity contribution in [1.82, 2.24) is 0 Å². The molecule has 4 heteroatoms. The van der Waals surface area contributed by atoms with Crippen molar-refractivity contribution in [3.63, 3.8) is 0 Å². The van der Waals surface area contributed by atoms with Gasteiger partial charge in [0.1, 0.15) is 12.3 Å². The molecule has 0 heterocycles. The van der Waals surface area contributed by atoms with Gasteiger partial charge in [-0.3, -0.25) is 0 Å². The smallest absolute Gasteiger partial charge is 0.368 e. The molecule has 0 saturated heterocycles. The highest BCUT2D eigenvalue weighted by Crippen LogP contribution is 2.24. The van der Waals surface area contributed by atoms with Crippen LogP contribution in [0, 0.1) is 0 Å². The van der Waals surface area contributed by atoms with Gasteiger partial charge in [-0.15, -0.1) is 0 Å².